The number of nitrogens with zero attached hydrogens (tertiary/aromatic N) is 2. The molecule has 1 aliphatic rings. The Morgan fingerprint density at radius 1 is 0.873 bits per heavy atom. The van der Waals surface area contributed by atoms with Crippen LogP contribution in [0.1, 0.15) is 40.5 Å². The Labute approximate surface area is 320 Å². The maximum Gasteiger partial charge on any atom is 0.326 e. The van der Waals surface area contributed by atoms with Gasteiger partial charge in [0.1, 0.15) is 41.2 Å². The summed E-state index contributed by atoms with van der Waals surface area (Å²) >= 11 is 0. The number of aromatic nitrogens is 1. The van der Waals surface area contributed by atoms with Gasteiger partial charge in [-0.2, -0.15) is 0 Å². The van der Waals surface area contributed by atoms with Crippen molar-refractivity contribution >= 4 is 40.3 Å². The smallest absolute Gasteiger partial charge is 0.326 e. The zero-order valence-electron chi connectivity index (χ0n) is 32.1. The molecular formula is C42H48N4O9. The van der Waals surface area contributed by atoms with E-state index >= 15 is 0 Å². The lowest BCUT2D eigenvalue weighted by Crippen LogP contribution is -2.52. The summed E-state index contributed by atoms with van der Waals surface area (Å²) in [5.74, 6) is -2.28. The Kier molecular flexibility index (Phi) is 13.0. The van der Waals surface area contributed by atoms with Crippen molar-refractivity contribution in [2.45, 2.75) is 58.7 Å². The van der Waals surface area contributed by atoms with Crippen LogP contribution in [0.5, 0.6) is 23.0 Å². The number of anilines is 1. The standard InChI is InChI=1S/C42H48N4O9/c1-8-32(42(50)51)44-39(47)30-19-28(55-37-23-33(25-13-11-10-12-14-25)43-34-21-26(52-5)15-17-29(34)37)20-31(30)40(48)45-38(24(3)4)41(49)46(9-2)35-22-27(53-6)16-18-36(35)54-7/h10-18,20-24,28,30,32,38H,8-9,19H2,1-7H3,(H,44,47)(H,45,48)(H,50,51)/t28-,30-,32+,38+/m1/s1. The van der Waals surface area contributed by atoms with Gasteiger partial charge in [-0.25, -0.2) is 9.78 Å². The van der Waals surface area contributed by atoms with Gasteiger partial charge in [0.15, 0.2) is 0 Å². The number of nitrogens with one attached hydrogen (secondary N) is 2. The van der Waals surface area contributed by atoms with Crippen LogP contribution >= 0.6 is 0 Å². The molecule has 5 rings (SSSR count). The van der Waals surface area contributed by atoms with E-state index in [0.717, 1.165) is 5.56 Å². The van der Waals surface area contributed by atoms with E-state index < -0.39 is 47.8 Å². The quantitative estimate of drug-likeness (QED) is 0.128. The summed E-state index contributed by atoms with van der Waals surface area (Å²) in [4.78, 5) is 60.6. The van der Waals surface area contributed by atoms with Crippen molar-refractivity contribution in [1.82, 2.24) is 15.6 Å². The number of methoxy groups -OCH3 is 3. The van der Waals surface area contributed by atoms with Crippen molar-refractivity contribution < 1.29 is 43.2 Å². The molecule has 13 nitrogen and oxygen atoms in total. The summed E-state index contributed by atoms with van der Waals surface area (Å²) in [6.07, 6.45) is 0.967. The molecule has 0 saturated heterocycles. The number of fused-ring (bicyclic) bond motifs is 1. The van der Waals surface area contributed by atoms with Gasteiger partial charge in [0.25, 0.3) is 0 Å². The average Bonchev–Trinajstić information content (AvgIpc) is 3.62. The fraction of sp³-hybridized carbons (Fsp3) is 0.357. The lowest BCUT2D eigenvalue weighted by Gasteiger charge is -2.30. The number of hydrogen-bond donors (Lipinski definition) is 3. The second kappa shape index (κ2) is 17.8. The van der Waals surface area contributed by atoms with Crippen molar-refractivity contribution in [3.05, 3.63) is 84.4 Å². The van der Waals surface area contributed by atoms with E-state index in [1.54, 1.807) is 50.4 Å². The molecule has 3 N–H and O–H groups in total. The molecular weight excluding hydrogens is 704 g/mol. The maximum absolute atomic E-state index is 14.3. The van der Waals surface area contributed by atoms with Crippen LogP contribution in [0.25, 0.3) is 22.2 Å². The lowest BCUT2D eigenvalue weighted by atomic mass is 9.96. The van der Waals surface area contributed by atoms with Gasteiger partial charge >= 0.3 is 5.97 Å². The van der Waals surface area contributed by atoms with Crippen LogP contribution in [0.2, 0.25) is 0 Å². The Morgan fingerprint density at radius 2 is 1.56 bits per heavy atom. The molecule has 0 unspecified atom stereocenters. The molecule has 55 heavy (non-hydrogen) atoms. The average molecular weight is 753 g/mol. The number of pyridine rings is 1. The summed E-state index contributed by atoms with van der Waals surface area (Å²) in [5, 5.41) is 15.9. The Balaban J connectivity index is 1.51. The Morgan fingerprint density at radius 3 is 2.18 bits per heavy atom. The van der Waals surface area contributed by atoms with Crippen molar-refractivity contribution in [2.75, 3.05) is 32.8 Å². The van der Waals surface area contributed by atoms with E-state index in [9.17, 15) is 24.3 Å². The lowest BCUT2D eigenvalue weighted by molar-refractivity contribution is -0.142. The minimum absolute atomic E-state index is 0.0354. The molecule has 4 atom stereocenters. The summed E-state index contributed by atoms with van der Waals surface area (Å²) in [6, 6.07) is 19.8. The molecule has 0 fully saturated rings. The van der Waals surface area contributed by atoms with Gasteiger partial charge < -0.3 is 39.6 Å². The number of carbonyl (C=O) groups excluding carboxylic acids is 3. The SMILES string of the molecule is CC[C@H](NC(=O)[C@@H]1C[C@@H](Oc2cc(-c3ccccc3)nc3cc(OC)ccc23)C=C1C(=O)N[C@H](C(=O)N(CC)c1cc(OC)ccc1OC)C(C)C)C(=O)O. The number of benzene rings is 3. The topological polar surface area (TPSA) is 166 Å². The third kappa shape index (κ3) is 8.99. The molecule has 1 aliphatic carbocycles. The number of likely N-dealkylation sites (N-methyl/N-ethyl adjacent to an activating group) is 1. The number of carbonyl (C=O) groups is 4. The van der Waals surface area contributed by atoms with E-state index in [0.29, 0.717) is 45.3 Å². The predicted octanol–water partition coefficient (Wildman–Crippen LogP) is 5.79. The molecule has 0 spiro atoms. The number of hydrogen-bond acceptors (Lipinski definition) is 9. The van der Waals surface area contributed by atoms with E-state index in [1.807, 2.05) is 63.2 Å². The predicted molar refractivity (Wildman–Crippen MR) is 209 cm³/mol. The van der Waals surface area contributed by atoms with Gasteiger partial charge in [-0.3, -0.25) is 14.4 Å². The highest BCUT2D eigenvalue weighted by atomic mass is 16.5. The molecule has 0 radical (unpaired) electrons. The highest BCUT2D eigenvalue weighted by Gasteiger charge is 2.40. The van der Waals surface area contributed by atoms with E-state index in [4.69, 9.17) is 23.9 Å². The molecule has 1 heterocycles. The first kappa shape index (κ1) is 40.1. The first-order valence-electron chi connectivity index (χ1n) is 18.2. The number of aliphatic carboxylic acids is 1. The molecule has 0 bridgehead atoms. The molecule has 4 aromatic rings. The minimum Gasteiger partial charge on any atom is -0.497 e. The van der Waals surface area contributed by atoms with E-state index in [1.165, 1.54) is 19.1 Å². The Bertz CT molecular complexity index is 2070. The molecule has 290 valence electrons. The zero-order chi connectivity index (χ0) is 39.8. The molecule has 1 aromatic heterocycles. The molecule has 0 aliphatic heterocycles. The normalized spacial score (nSPS) is 16.1. The van der Waals surface area contributed by atoms with Crippen LogP contribution in [0.15, 0.2) is 84.4 Å². The van der Waals surface area contributed by atoms with Crippen molar-refractivity contribution in [1.29, 1.82) is 0 Å². The molecule has 13 heteroatoms. The second-order valence-electron chi connectivity index (χ2n) is 13.4. The van der Waals surface area contributed by atoms with Crippen LogP contribution in [-0.2, 0) is 19.2 Å². The summed E-state index contributed by atoms with van der Waals surface area (Å²) in [7, 11) is 4.60. The zero-order valence-corrected chi connectivity index (χ0v) is 32.1. The highest BCUT2D eigenvalue weighted by Crippen LogP contribution is 2.37. The molecule has 3 amide bonds. The van der Waals surface area contributed by atoms with E-state index in [-0.39, 0.29) is 30.9 Å². The Hall–Kier alpha value is -6.11. The number of rotatable bonds is 16. The van der Waals surface area contributed by atoms with Crippen LogP contribution in [0.3, 0.4) is 0 Å². The van der Waals surface area contributed by atoms with Gasteiger partial charge in [0, 0.05) is 47.7 Å². The van der Waals surface area contributed by atoms with Crippen LogP contribution in [-0.4, -0.2) is 79.8 Å². The minimum atomic E-state index is -1.19. The first-order chi connectivity index (χ1) is 26.4. The molecule has 0 saturated carbocycles. The van der Waals surface area contributed by atoms with Crippen LogP contribution in [0, 0.1) is 11.8 Å². The van der Waals surface area contributed by atoms with Gasteiger partial charge in [0.2, 0.25) is 17.7 Å². The number of carboxylic acids is 1. The summed E-state index contributed by atoms with van der Waals surface area (Å²) < 4.78 is 23.0. The number of ether oxygens (including phenoxy) is 4. The van der Waals surface area contributed by atoms with Gasteiger partial charge in [-0.05, 0) is 49.6 Å². The van der Waals surface area contributed by atoms with Crippen molar-refractivity contribution in [2.24, 2.45) is 11.8 Å². The third-order valence-corrected chi connectivity index (χ3v) is 9.62. The van der Waals surface area contributed by atoms with Crippen LogP contribution in [0.4, 0.5) is 5.69 Å². The van der Waals surface area contributed by atoms with Gasteiger partial charge in [-0.15, -0.1) is 0 Å². The maximum atomic E-state index is 14.3. The second-order valence-corrected chi connectivity index (χ2v) is 13.4. The largest absolute Gasteiger partial charge is 0.497 e. The third-order valence-electron chi connectivity index (χ3n) is 9.62. The summed E-state index contributed by atoms with van der Waals surface area (Å²) in [6.45, 7) is 7.34. The fourth-order valence-corrected chi connectivity index (χ4v) is 6.60. The van der Waals surface area contributed by atoms with Gasteiger partial charge in [0.05, 0.1) is 44.1 Å². The summed E-state index contributed by atoms with van der Waals surface area (Å²) in [5.41, 5.74) is 2.64. The molecule has 3 aromatic carbocycles. The number of amides is 3. The van der Waals surface area contributed by atoms with Gasteiger partial charge in [-0.1, -0.05) is 51.1 Å². The highest BCUT2D eigenvalue weighted by molar-refractivity contribution is 6.06. The van der Waals surface area contributed by atoms with Crippen molar-refractivity contribution in [3.63, 3.8) is 0 Å². The van der Waals surface area contributed by atoms with Crippen molar-refractivity contribution in [3.8, 4) is 34.3 Å². The first-order valence-corrected chi connectivity index (χ1v) is 18.2. The monoisotopic (exact) mass is 752 g/mol. The fourth-order valence-electron chi connectivity index (χ4n) is 6.60. The van der Waals surface area contributed by atoms with E-state index in [2.05, 4.69) is 10.6 Å². The van der Waals surface area contributed by atoms with Crippen LogP contribution < -0.4 is 34.5 Å². The number of carboxylic acid groups (broad SMARTS) is 1.